The summed E-state index contributed by atoms with van der Waals surface area (Å²) in [5.41, 5.74) is 0.657. The Kier molecular flexibility index (Phi) is 5.85. The third-order valence-electron chi connectivity index (χ3n) is 2.90. The minimum atomic E-state index is -0.116. The van der Waals surface area contributed by atoms with Crippen LogP contribution in [0, 0.1) is 5.92 Å². The van der Waals surface area contributed by atoms with Crippen LogP contribution in [-0.4, -0.2) is 15.8 Å². The third kappa shape index (κ3) is 4.44. The lowest BCUT2D eigenvalue weighted by atomic mass is 10.0. The Hall–Kier alpha value is -0.840. The first-order valence-corrected chi connectivity index (χ1v) is 7.19. The van der Waals surface area contributed by atoms with E-state index in [1.54, 1.807) is 13.2 Å². The molecule has 1 N–H and O–H groups in total. The second-order valence-electron chi connectivity index (χ2n) is 5.17. The van der Waals surface area contributed by atoms with E-state index in [-0.39, 0.29) is 5.56 Å². The molecule has 0 aromatic carbocycles. The first kappa shape index (κ1) is 15.2. The first-order valence-electron chi connectivity index (χ1n) is 6.40. The second-order valence-corrected chi connectivity index (χ2v) is 5.96. The summed E-state index contributed by atoms with van der Waals surface area (Å²) in [5, 5.41) is 7.34. The van der Waals surface area contributed by atoms with Gasteiger partial charge >= 0.3 is 0 Å². The molecule has 0 bridgehead atoms. The summed E-state index contributed by atoms with van der Waals surface area (Å²) in [5.74, 6) is 0.745. The van der Waals surface area contributed by atoms with E-state index in [4.69, 9.17) is 0 Å². The fraction of sp³-hybridized carbons (Fsp3) is 0.692. The average Bonchev–Trinajstić information content (AvgIpc) is 2.29. The Balaban J connectivity index is 2.57. The van der Waals surface area contributed by atoms with Gasteiger partial charge in [0.2, 0.25) is 0 Å². The molecule has 0 radical (unpaired) electrons. The summed E-state index contributed by atoms with van der Waals surface area (Å²) in [6.07, 6.45) is 5.22. The fourth-order valence-electron chi connectivity index (χ4n) is 1.78. The molecule has 0 saturated heterocycles. The Bertz CT molecular complexity index is 442. The molecule has 0 aliphatic heterocycles. The topological polar surface area (TPSA) is 46.9 Å². The van der Waals surface area contributed by atoms with E-state index in [9.17, 15) is 4.79 Å². The molecule has 18 heavy (non-hydrogen) atoms. The molecule has 1 aromatic rings. The van der Waals surface area contributed by atoms with E-state index < -0.39 is 0 Å². The second kappa shape index (κ2) is 6.92. The molecule has 1 unspecified atom stereocenters. The van der Waals surface area contributed by atoms with Crippen LogP contribution in [0.25, 0.3) is 0 Å². The van der Waals surface area contributed by atoms with Gasteiger partial charge in [-0.05, 0) is 35.2 Å². The van der Waals surface area contributed by atoms with Crippen LogP contribution < -0.4 is 10.9 Å². The van der Waals surface area contributed by atoms with Crippen LogP contribution >= 0.6 is 15.9 Å². The van der Waals surface area contributed by atoms with Crippen LogP contribution in [-0.2, 0) is 7.05 Å². The molecular formula is C13H22BrN3O. The molecule has 0 fully saturated rings. The predicted molar refractivity (Wildman–Crippen MR) is 79.0 cm³/mol. The zero-order valence-electron chi connectivity index (χ0n) is 11.5. The number of aryl methyl sites for hydroxylation is 1. The zero-order chi connectivity index (χ0) is 13.7. The zero-order valence-corrected chi connectivity index (χ0v) is 13.1. The van der Waals surface area contributed by atoms with Gasteiger partial charge in [-0.1, -0.05) is 26.7 Å². The Morgan fingerprint density at radius 3 is 2.67 bits per heavy atom. The van der Waals surface area contributed by atoms with Crippen molar-refractivity contribution in [2.75, 3.05) is 5.32 Å². The quantitative estimate of drug-likeness (QED) is 0.877. The van der Waals surface area contributed by atoms with Gasteiger partial charge in [0.05, 0.1) is 11.9 Å². The number of anilines is 1. The molecule has 0 saturated carbocycles. The number of hydrogen-bond donors (Lipinski definition) is 1. The molecular weight excluding hydrogens is 294 g/mol. The molecule has 1 heterocycles. The maximum atomic E-state index is 11.7. The summed E-state index contributed by atoms with van der Waals surface area (Å²) in [6, 6.07) is 0.342. The van der Waals surface area contributed by atoms with Crippen LogP contribution in [0.1, 0.15) is 40.0 Å². The van der Waals surface area contributed by atoms with Crippen molar-refractivity contribution in [1.82, 2.24) is 9.78 Å². The molecule has 0 aliphatic rings. The summed E-state index contributed by atoms with van der Waals surface area (Å²) >= 11 is 3.32. The van der Waals surface area contributed by atoms with Crippen molar-refractivity contribution >= 4 is 21.6 Å². The Labute approximate surface area is 117 Å². The number of hydrogen-bond acceptors (Lipinski definition) is 3. The Morgan fingerprint density at radius 2 is 2.06 bits per heavy atom. The highest BCUT2D eigenvalue weighted by molar-refractivity contribution is 9.10. The fourth-order valence-corrected chi connectivity index (χ4v) is 2.25. The standard InChI is InChI=1S/C13H22BrN3O/c1-9(2)6-5-7-10(3)16-11-8-15-17(4)13(18)12(11)14/h8-10,16H,5-7H2,1-4H3. The van der Waals surface area contributed by atoms with Crippen molar-refractivity contribution in [1.29, 1.82) is 0 Å². The van der Waals surface area contributed by atoms with Crippen LogP contribution in [0.5, 0.6) is 0 Å². The van der Waals surface area contributed by atoms with Crippen molar-refractivity contribution in [3.63, 3.8) is 0 Å². The lowest BCUT2D eigenvalue weighted by molar-refractivity contribution is 0.520. The minimum Gasteiger partial charge on any atom is -0.380 e. The Morgan fingerprint density at radius 1 is 1.39 bits per heavy atom. The maximum absolute atomic E-state index is 11.7. The summed E-state index contributed by atoms with van der Waals surface area (Å²) in [6.45, 7) is 6.60. The highest BCUT2D eigenvalue weighted by Gasteiger charge is 2.09. The van der Waals surface area contributed by atoms with E-state index in [1.165, 1.54) is 17.5 Å². The van der Waals surface area contributed by atoms with E-state index >= 15 is 0 Å². The summed E-state index contributed by atoms with van der Waals surface area (Å²) in [4.78, 5) is 11.7. The van der Waals surface area contributed by atoms with Crippen molar-refractivity contribution < 1.29 is 0 Å². The van der Waals surface area contributed by atoms with Crippen molar-refractivity contribution in [3.8, 4) is 0 Å². The van der Waals surface area contributed by atoms with E-state index in [0.717, 1.165) is 18.0 Å². The number of nitrogens with zero attached hydrogens (tertiary/aromatic N) is 2. The highest BCUT2D eigenvalue weighted by Crippen LogP contribution is 2.18. The van der Waals surface area contributed by atoms with E-state index in [2.05, 4.69) is 47.1 Å². The van der Waals surface area contributed by atoms with E-state index in [1.807, 2.05) is 0 Å². The first-order chi connectivity index (χ1) is 8.41. The SMILES string of the molecule is CC(C)CCCC(C)Nc1cnn(C)c(=O)c1Br. The smallest absolute Gasteiger partial charge is 0.282 e. The van der Waals surface area contributed by atoms with Crippen LogP contribution in [0.15, 0.2) is 15.5 Å². The lowest BCUT2D eigenvalue weighted by Gasteiger charge is -2.16. The maximum Gasteiger partial charge on any atom is 0.282 e. The number of nitrogens with one attached hydrogen (secondary N) is 1. The lowest BCUT2D eigenvalue weighted by Crippen LogP contribution is -2.23. The van der Waals surface area contributed by atoms with E-state index in [0.29, 0.717) is 10.5 Å². The van der Waals surface area contributed by atoms with Crippen LogP contribution in [0.3, 0.4) is 0 Å². The number of halogens is 1. The van der Waals surface area contributed by atoms with Gasteiger partial charge in [-0.3, -0.25) is 4.79 Å². The summed E-state index contributed by atoms with van der Waals surface area (Å²) in [7, 11) is 1.64. The van der Waals surface area contributed by atoms with Crippen molar-refractivity contribution in [2.45, 2.75) is 46.1 Å². The molecule has 1 aromatic heterocycles. The molecule has 5 heteroatoms. The van der Waals surface area contributed by atoms with Gasteiger partial charge in [0, 0.05) is 13.1 Å². The van der Waals surface area contributed by atoms with Gasteiger partial charge in [-0.15, -0.1) is 0 Å². The number of rotatable bonds is 6. The normalized spacial score (nSPS) is 12.8. The largest absolute Gasteiger partial charge is 0.380 e. The molecule has 1 rings (SSSR count). The molecule has 102 valence electrons. The molecule has 0 amide bonds. The van der Waals surface area contributed by atoms with Crippen LogP contribution in [0.2, 0.25) is 0 Å². The third-order valence-corrected chi connectivity index (χ3v) is 3.67. The highest BCUT2D eigenvalue weighted by atomic mass is 79.9. The van der Waals surface area contributed by atoms with Gasteiger partial charge in [-0.2, -0.15) is 5.10 Å². The molecule has 1 atom stereocenters. The van der Waals surface area contributed by atoms with Crippen molar-refractivity contribution in [2.24, 2.45) is 13.0 Å². The predicted octanol–water partition coefficient (Wildman–Crippen LogP) is 3.17. The molecule has 0 aliphatic carbocycles. The van der Waals surface area contributed by atoms with Crippen molar-refractivity contribution in [3.05, 3.63) is 21.0 Å². The average molecular weight is 316 g/mol. The van der Waals surface area contributed by atoms with Gasteiger partial charge in [-0.25, -0.2) is 4.68 Å². The molecule has 4 nitrogen and oxygen atoms in total. The van der Waals surface area contributed by atoms with Crippen LogP contribution in [0.4, 0.5) is 5.69 Å². The molecule has 0 spiro atoms. The summed E-state index contributed by atoms with van der Waals surface area (Å²) < 4.78 is 1.87. The van der Waals surface area contributed by atoms with Gasteiger partial charge < -0.3 is 5.32 Å². The van der Waals surface area contributed by atoms with Gasteiger partial charge in [0.25, 0.3) is 5.56 Å². The monoisotopic (exact) mass is 315 g/mol. The minimum absolute atomic E-state index is 0.116. The number of aromatic nitrogens is 2. The van der Waals surface area contributed by atoms with Gasteiger partial charge in [0.15, 0.2) is 0 Å². The van der Waals surface area contributed by atoms with Gasteiger partial charge in [0.1, 0.15) is 4.47 Å².